The Morgan fingerprint density at radius 3 is 2.64 bits per heavy atom. The molecular formula is C31H33N7O. The molecule has 198 valence electrons. The van der Waals surface area contributed by atoms with E-state index in [1.807, 2.05) is 48.8 Å². The van der Waals surface area contributed by atoms with Crippen molar-refractivity contribution in [2.75, 3.05) is 6.54 Å². The molecule has 0 spiro atoms. The lowest BCUT2D eigenvalue weighted by molar-refractivity contribution is 0.0934. The summed E-state index contributed by atoms with van der Waals surface area (Å²) in [4.78, 5) is 26.2. The second-order valence-corrected chi connectivity index (χ2v) is 10.2. The van der Waals surface area contributed by atoms with Crippen molar-refractivity contribution in [1.82, 2.24) is 35.8 Å². The van der Waals surface area contributed by atoms with E-state index in [1.54, 1.807) is 0 Å². The summed E-state index contributed by atoms with van der Waals surface area (Å²) in [6.45, 7) is 5.92. The van der Waals surface area contributed by atoms with Crippen LogP contribution in [0.15, 0.2) is 60.9 Å². The fraction of sp³-hybridized carbons (Fsp3) is 0.290. The van der Waals surface area contributed by atoms with Crippen LogP contribution in [0.5, 0.6) is 0 Å². The largest absolute Gasteiger partial charge is 0.348 e. The summed E-state index contributed by atoms with van der Waals surface area (Å²) >= 11 is 0. The van der Waals surface area contributed by atoms with E-state index < -0.39 is 0 Å². The van der Waals surface area contributed by atoms with Crippen LogP contribution in [0.1, 0.15) is 54.2 Å². The second-order valence-electron chi connectivity index (χ2n) is 10.2. The van der Waals surface area contributed by atoms with Crippen LogP contribution in [0.25, 0.3) is 44.8 Å². The number of amides is 1. The number of H-pyrrole nitrogens is 2. The number of fused-ring (bicyclic) bond motifs is 1. The summed E-state index contributed by atoms with van der Waals surface area (Å²) in [6, 6.07) is 16.3. The van der Waals surface area contributed by atoms with Gasteiger partial charge in [0.15, 0.2) is 5.82 Å². The number of hydrogen-bond acceptors (Lipinski definition) is 5. The number of hydrogen-bond donors (Lipinski definition) is 4. The second kappa shape index (κ2) is 10.8. The standard InChI is InChI=1S/C31H33N7O/c1-3-32-16-22-17-33-18-25(19(22)2)21-13-14-26-24(15-21)28(38-37-26)30-35-27(20-9-5-4-6-10-20)29(36-30)31(39)34-23-11-7-8-12-23/h4-6,9-10,13-15,17-18,23,32H,3,7-8,11-12,16H2,1-2H3,(H,34,39)(H,35,36)(H,37,38). The first-order valence-corrected chi connectivity index (χ1v) is 13.7. The van der Waals surface area contributed by atoms with Crippen molar-refractivity contribution < 1.29 is 4.79 Å². The minimum absolute atomic E-state index is 0.126. The van der Waals surface area contributed by atoms with E-state index in [1.165, 1.54) is 11.1 Å². The topological polar surface area (TPSA) is 111 Å². The third-order valence-electron chi connectivity index (χ3n) is 7.65. The van der Waals surface area contributed by atoms with E-state index in [-0.39, 0.29) is 11.9 Å². The van der Waals surface area contributed by atoms with Gasteiger partial charge in [-0.3, -0.25) is 14.9 Å². The van der Waals surface area contributed by atoms with Crippen LogP contribution in [0.4, 0.5) is 0 Å². The quantitative estimate of drug-likeness (QED) is 0.208. The maximum atomic E-state index is 13.4. The van der Waals surface area contributed by atoms with Crippen LogP contribution in [0, 0.1) is 6.92 Å². The van der Waals surface area contributed by atoms with Crippen molar-refractivity contribution in [2.45, 2.75) is 52.1 Å². The van der Waals surface area contributed by atoms with Gasteiger partial charge in [-0.15, -0.1) is 0 Å². The maximum Gasteiger partial charge on any atom is 0.270 e. The van der Waals surface area contributed by atoms with Crippen molar-refractivity contribution in [1.29, 1.82) is 0 Å². The van der Waals surface area contributed by atoms with E-state index in [0.717, 1.165) is 66.4 Å². The number of aromatic amines is 2. The summed E-state index contributed by atoms with van der Waals surface area (Å²) in [5, 5.41) is 15.3. The maximum absolute atomic E-state index is 13.4. The first kappa shape index (κ1) is 25.0. The normalized spacial score (nSPS) is 13.8. The van der Waals surface area contributed by atoms with Crippen molar-refractivity contribution in [3.8, 4) is 33.9 Å². The fourth-order valence-electron chi connectivity index (χ4n) is 5.44. The Bertz CT molecular complexity index is 1610. The predicted molar refractivity (Wildman–Crippen MR) is 154 cm³/mol. The minimum atomic E-state index is -0.126. The summed E-state index contributed by atoms with van der Waals surface area (Å²) in [5.41, 5.74) is 8.08. The average Bonchev–Trinajstić information content (AvgIpc) is 3.72. The fourth-order valence-corrected chi connectivity index (χ4v) is 5.44. The highest BCUT2D eigenvalue weighted by Gasteiger charge is 2.25. The molecule has 2 aromatic carbocycles. The number of nitrogens with zero attached hydrogens (tertiary/aromatic N) is 3. The molecule has 1 aliphatic rings. The van der Waals surface area contributed by atoms with Crippen molar-refractivity contribution in [3.63, 3.8) is 0 Å². The first-order valence-electron chi connectivity index (χ1n) is 13.7. The van der Waals surface area contributed by atoms with E-state index in [2.05, 4.69) is 56.8 Å². The number of benzene rings is 2. The SMILES string of the molecule is CCNCc1cncc(-c2ccc3[nH]nc(-c4nc(-c5ccccc5)c(C(=O)NC5CCCC5)[nH]4)c3c2)c1C. The molecule has 4 N–H and O–H groups in total. The number of aromatic nitrogens is 5. The lowest BCUT2D eigenvalue weighted by Crippen LogP contribution is -2.33. The number of nitrogens with one attached hydrogen (secondary N) is 4. The summed E-state index contributed by atoms with van der Waals surface area (Å²) in [6.07, 6.45) is 8.18. The molecule has 0 atom stereocenters. The molecule has 0 unspecified atom stereocenters. The number of rotatable bonds is 8. The smallest absolute Gasteiger partial charge is 0.270 e. The predicted octanol–water partition coefficient (Wildman–Crippen LogP) is 5.77. The summed E-state index contributed by atoms with van der Waals surface area (Å²) in [7, 11) is 0. The van der Waals surface area contributed by atoms with E-state index in [0.29, 0.717) is 22.9 Å². The van der Waals surface area contributed by atoms with Crippen molar-refractivity contribution >= 4 is 16.8 Å². The number of carbonyl (C=O) groups excluding carboxylic acids is 1. The van der Waals surface area contributed by atoms with E-state index in [4.69, 9.17) is 4.98 Å². The van der Waals surface area contributed by atoms with Gasteiger partial charge in [0.1, 0.15) is 17.1 Å². The van der Waals surface area contributed by atoms with Gasteiger partial charge in [0.25, 0.3) is 5.91 Å². The molecule has 0 bridgehead atoms. The van der Waals surface area contributed by atoms with Gasteiger partial charge < -0.3 is 15.6 Å². The Hall–Kier alpha value is -4.30. The molecule has 8 nitrogen and oxygen atoms in total. The molecule has 3 heterocycles. The first-order chi connectivity index (χ1) is 19.1. The van der Waals surface area contributed by atoms with Crippen LogP contribution in [-0.4, -0.2) is 43.6 Å². The van der Waals surface area contributed by atoms with Crippen LogP contribution in [0.3, 0.4) is 0 Å². The van der Waals surface area contributed by atoms with E-state index in [9.17, 15) is 4.79 Å². The summed E-state index contributed by atoms with van der Waals surface area (Å²) < 4.78 is 0. The van der Waals surface area contributed by atoms with Gasteiger partial charge in [0.2, 0.25) is 0 Å². The van der Waals surface area contributed by atoms with Crippen LogP contribution < -0.4 is 10.6 Å². The van der Waals surface area contributed by atoms with Gasteiger partial charge in [0.05, 0.1) is 5.52 Å². The molecule has 0 radical (unpaired) electrons. The third-order valence-corrected chi connectivity index (χ3v) is 7.65. The number of carbonyl (C=O) groups is 1. The number of imidazole rings is 1. The van der Waals surface area contributed by atoms with E-state index >= 15 is 0 Å². The molecular weight excluding hydrogens is 486 g/mol. The number of pyridine rings is 1. The molecule has 3 aromatic heterocycles. The summed E-state index contributed by atoms with van der Waals surface area (Å²) in [5.74, 6) is 0.434. The van der Waals surface area contributed by atoms with Gasteiger partial charge >= 0.3 is 0 Å². The highest BCUT2D eigenvalue weighted by atomic mass is 16.2. The molecule has 1 amide bonds. The van der Waals surface area contributed by atoms with Crippen LogP contribution in [-0.2, 0) is 6.54 Å². The van der Waals surface area contributed by atoms with Gasteiger partial charge in [-0.25, -0.2) is 4.98 Å². The Labute approximate surface area is 227 Å². The molecule has 1 aliphatic carbocycles. The molecule has 1 saturated carbocycles. The lowest BCUT2D eigenvalue weighted by Gasteiger charge is -2.11. The Balaban J connectivity index is 1.41. The Morgan fingerprint density at radius 2 is 1.85 bits per heavy atom. The zero-order chi connectivity index (χ0) is 26.8. The Kier molecular flexibility index (Phi) is 6.94. The third kappa shape index (κ3) is 4.95. The molecule has 0 aliphatic heterocycles. The molecule has 1 fully saturated rings. The van der Waals surface area contributed by atoms with Gasteiger partial charge in [-0.1, -0.05) is 56.2 Å². The van der Waals surface area contributed by atoms with Gasteiger partial charge in [-0.2, -0.15) is 5.10 Å². The monoisotopic (exact) mass is 519 g/mol. The average molecular weight is 520 g/mol. The molecule has 39 heavy (non-hydrogen) atoms. The minimum Gasteiger partial charge on any atom is -0.348 e. The van der Waals surface area contributed by atoms with Crippen LogP contribution in [0.2, 0.25) is 0 Å². The van der Waals surface area contributed by atoms with Crippen LogP contribution >= 0.6 is 0 Å². The lowest BCUT2D eigenvalue weighted by atomic mass is 9.98. The van der Waals surface area contributed by atoms with Crippen molar-refractivity contribution in [3.05, 3.63) is 77.7 Å². The van der Waals surface area contributed by atoms with Gasteiger partial charge in [0, 0.05) is 41.5 Å². The highest BCUT2D eigenvalue weighted by molar-refractivity contribution is 6.01. The molecule has 6 rings (SSSR count). The zero-order valence-electron chi connectivity index (χ0n) is 22.3. The van der Waals surface area contributed by atoms with Crippen molar-refractivity contribution in [2.24, 2.45) is 0 Å². The Morgan fingerprint density at radius 1 is 1.03 bits per heavy atom. The molecule has 8 heteroatoms. The zero-order valence-corrected chi connectivity index (χ0v) is 22.3. The molecule has 5 aromatic rings. The molecule has 0 saturated heterocycles. The van der Waals surface area contributed by atoms with Gasteiger partial charge in [-0.05, 0) is 55.1 Å². The highest BCUT2D eigenvalue weighted by Crippen LogP contribution is 2.33.